The number of nitrogens with zero attached hydrogens (tertiary/aromatic N) is 4. The van der Waals surface area contributed by atoms with Crippen LogP contribution in [0.2, 0.25) is 0 Å². The van der Waals surface area contributed by atoms with Crippen molar-refractivity contribution in [3.63, 3.8) is 0 Å². The Morgan fingerprint density at radius 2 is 1.64 bits per heavy atom. The van der Waals surface area contributed by atoms with Gasteiger partial charge >= 0.3 is 0 Å². The summed E-state index contributed by atoms with van der Waals surface area (Å²) in [5.74, 6) is 2.56. The zero-order valence-electron chi connectivity index (χ0n) is 20.5. The topological polar surface area (TPSA) is 65.5 Å². The molecular weight excluding hydrogens is 448 g/mol. The molecule has 0 unspecified atom stereocenters. The second-order valence-electron chi connectivity index (χ2n) is 9.24. The number of ether oxygens (including phenoxy) is 1. The van der Waals surface area contributed by atoms with Crippen LogP contribution >= 0.6 is 0 Å². The monoisotopic (exact) mass is 474 g/mol. The summed E-state index contributed by atoms with van der Waals surface area (Å²) in [6.45, 7) is 6.69. The zero-order chi connectivity index (χ0) is 24.6. The Labute approximate surface area is 209 Å². The lowest BCUT2D eigenvalue weighted by molar-refractivity contribution is 0.292. The van der Waals surface area contributed by atoms with Gasteiger partial charge in [-0.15, -0.1) is 5.10 Å². The number of furan rings is 1. The minimum atomic E-state index is 0.260. The highest BCUT2D eigenvalue weighted by Gasteiger charge is 2.23. The van der Waals surface area contributed by atoms with Crippen LogP contribution in [0.3, 0.4) is 0 Å². The maximum Gasteiger partial charge on any atom is 0.232 e. The average molecular weight is 475 g/mol. The van der Waals surface area contributed by atoms with Gasteiger partial charge in [-0.3, -0.25) is 0 Å². The van der Waals surface area contributed by atoms with Gasteiger partial charge in [0, 0.05) is 11.1 Å². The summed E-state index contributed by atoms with van der Waals surface area (Å²) in [6, 6.07) is 26.5. The van der Waals surface area contributed by atoms with Crippen molar-refractivity contribution >= 4 is 16.7 Å². The molecule has 0 bridgehead atoms. The Morgan fingerprint density at radius 1 is 0.917 bits per heavy atom. The van der Waals surface area contributed by atoms with Gasteiger partial charge in [-0.25, -0.2) is 14.5 Å². The molecule has 6 rings (SSSR count). The molecule has 0 saturated heterocycles. The molecule has 3 heterocycles. The fourth-order valence-electron chi connectivity index (χ4n) is 4.57. The second kappa shape index (κ2) is 8.96. The van der Waals surface area contributed by atoms with Gasteiger partial charge in [0.1, 0.15) is 24.4 Å². The quantitative estimate of drug-likeness (QED) is 0.255. The van der Waals surface area contributed by atoms with Crippen molar-refractivity contribution in [2.75, 3.05) is 0 Å². The fraction of sp³-hybridized carbons (Fsp3) is 0.167. The first-order valence-electron chi connectivity index (χ1n) is 12.1. The number of rotatable bonds is 6. The van der Waals surface area contributed by atoms with Crippen molar-refractivity contribution in [2.24, 2.45) is 0 Å². The average Bonchev–Trinajstić information content (AvgIpc) is 3.50. The molecule has 6 aromatic rings. The third-order valence-electron chi connectivity index (χ3n) is 6.32. The Bertz CT molecular complexity index is 1670. The van der Waals surface area contributed by atoms with Crippen molar-refractivity contribution in [1.82, 2.24) is 19.6 Å². The molecule has 0 N–H and O–H groups in total. The number of fused-ring (bicyclic) bond motifs is 3. The van der Waals surface area contributed by atoms with E-state index in [1.807, 2.05) is 54.6 Å². The van der Waals surface area contributed by atoms with Crippen LogP contribution in [0, 0.1) is 6.92 Å². The first-order valence-corrected chi connectivity index (χ1v) is 12.1. The largest absolute Gasteiger partial charge is 0.485 e. The van der Waals surface area contributed by atoms with E-state index in [1.54, 1.807) is 10.8 Å². The minimum Gasteiger partial charge on any atom is -0.485 e. The molecule has 0 amide bonds. The standard InChI is InChI=1S/C30H26N4O2/c1-19(2)23-16-20(3)14-15-24(23)35-17-25-32-29-27-26(21-10-6-4-7-11-21)28(22-12-8-5-9-13-22)36-30(27)31-18-34(29)33-25/h4-16,18-19H,17H2,1-3H3. The minimum absolute atomic E-state index is 0.260. The van der Waals surface area contributed by atoms with Crippen LogP contribution in [0.1, 0.15) is 36.7 Å². The van der Waals surface area contributed by atoms with Gasteiger partial charge in [-0.05, 0) is 30.0 Å². The summed E-state index contributed by atoms with van der Waals surface area (Å²) in [4.78, 5) is 9.44. The highest BCUT2D eigenvalue weighted by atomic mass is 16.5. The SMILES string of the molecule is Cc1ccc(OCc2nc3c4c(-c5ccccc5)c(-c5ccccc5)oc4ncn3n2)c(C(C)C)c1. The summed E-state index contributed by atoms with van der Waals surface area (Å²) in [6.07, 6.45) is 1.65. The Hall–Kier alpha value is -4.45. The molecular formula is C30H26N4O2. The number of aryl methyl sites for hydroxylation is 1. The third kappa shape index (κ3) is 3.90. The molecule has 6 nitrogen and oxygen atoms in total. The van der Waals surface area contributed by atoms with E-state index in [9.17, 15) is 0 Å². The van der Waals surface area contributed by atoms with Gasteiger partial charge in [-0.1, -0.05) is 92.2 Å². The number of hydrogen-bond acceptors (Lipinski definition) is 5. The van der Waals surface area contributed by atoms with Gasteiger partial charge < -0.3 is 9.15 Å². The van der Waals surface area contributed by atoms with E-state index in [0.29, 0.717) is 23.1 Å². The fourth-order valence-corrected chi connectivity index (χ4v) is 4.57. The molecule has 0 fully saturated rings. The molecule has 0 radical (unpaired) electrons. The van der Waals surface area contributed by atoms with Crippen LogP contribution in [0.5, 0.6) is 5.75 Å². The highest BCUT2D eigenvalue weighted by molar-refractivity contribution is 6.07. The molecule has 6 heteroatoms. The Kier molecular flexibility index (Phi) is 5.49. The van der Waals surface area contributed by atoms with Crippen molar-refractivity contribution in [3.05, 3.63) is 102 Å². The normalized spacial score (nSPS) is 11.6. The van der Waals surface area contributed by atoms with Crippen LogP contribution in [-0.4, -0.2) is 19.6 Å². The van der Waals surface area contributed by atoms with E-state index in [1.165, 1.54) is 11.1 Å². The first-order chi connectivity index (χ1) is 17.6. The van der Waals surface area contributed by atoms with E-state index < -0.39 is 0 Å². The Balaban J connectivity index is 1.47. The lowest BCUT2D eigenvalue weighted by atomic mass is 9.99. The van der Waals surface area contributed by atoms with Crippen LogP contribution in [-0.2, 0) is 6.61 Å². The summed E-state index contributed by atoms with van der Waals surface area (Å²) < 4.78 is 14.2. The van der Waals surface area contributed by atoms with Gasteiger partial charge in [0.05, 0.1) is 5.39 Å². The molecule has 0 atom stereocenters. The summed E-state index contributed by atoms with van der Waals surface area (Å²) in [5, 5.41) is 5.50. The van der Waals surface area contributed by atoms with E-state index >= 15 is 0 Å². The first kappa shape index (κ1) is 22.0. The van der Waals surface area contributed by atoms with Gasteiger partial charge in [0.25, 0.3) is 0 Å². The van der Waals surface area contributed by atoms with Crippen LogP contribution in [0.15, 0.2) is 89.6 Å². The van der Waals surface area contributed by atoms with E-state index in [0.717, 1.165) is 33.6 Å². The Morgan fingerprint density at radius 3 is 2.36 bits per heavy atom. The molecule has 0 saturated carbocycles. The van der Waals surface area contributed by atoms with Crippen LogP contribution in [0.4, 0.5) is 0 Å². The number of hydrogen-bond donors (Lipinski definition) is 0. The molecule has 0 spiro atoms. The molecule has 0 aliphatic heterocycles. The lowest BCUT2D eigenvalue weighted by Gasteiger charge is -2.13. The third-order valence-corrected chi connectivity index (χ3v) is 6.32. The van der Waals surface area contributed by atoms with Crippen molar-refractivity contribution in [1.29, 1.82) is 0 Å². The van der Waals surface area contributed by atoms with E-state index in [-0.39, 0.29) is 6.61 Å². The maximum atomic E-state index is 6.32. The van der Waals surface area contributed by atoms with Gasteiger partial charge in [0.15, 0.2) is 11.5 Å². The predicted molar refractivity (Wildman–Crippen MR) is 141 cm³/mol. The predicted octanol–water partition coefficient (Wildman–Crippen LogP) is 7.22. The lowest BCUT2D eigenvalue weighted by Crippen LogP contribution is -2.02. The smallest absolute Gasteiger partial charge is 0.232 e. The van der Waals surface area contributed by atoms with Crippen molar-refractivity contribution in [3.8, 4) is 28.2 Å². The highest BCUT2D eigenvalue weighted by Crippen LogP contribution is 2.41. The molecule has 178 valence electrons. The molecule has 0 aliphatic rings. The summed E-state index contributed by atoms with van der Waals surface area (Å²) >= 11 is 0. The molecule has 3 aromatic carbocycles. The molecule has 3 aromatic heterocycles. The van der Waals surface area contributed by atoms with E-state index in [4.69, 9.17) is 14.1 Å². The summed E-state index contributed by atoms with van der Waals surface area (Å²) in [7, 11) is 0. The second-order valence-corrected chi connectivity index (χ2v) is 9.24. The summed E-state index contributed by atoms with van der Waals surface area (Å²) in [5.41, 5.74) is 6.58. The zero-order valence-corrected chi connectivity index (χ0v) is 20.5. The molecule has 36 heavy (non-hydrogen) atoms. The number of aromatic nitrogens is 4. The van der Waals surface area contributed by atoms with E-state index in [2.05, 4.69) is 55.1 Å². The van der Waals surface area contributed by atoms with Crippen molar-refractivity contribution in [2.45, 2.75) is 33.3 Å². The van der Waals surface area contributed by atoms with Crippen LogP contribution in [0.25, 0.3) is 39.2 Å². The van der Waals surface area contributed by atoms with Crippen molar-refractivity contribution < 1.29 is 9.15 Å². The van der Waals surface area contributed by atoms with Gasteiger partial charge in [-0.2, -0.15) is 0 Å². The maximum absolute atomic E-state index is 6.32. The van der Waals surface area contributed by atoms with Gasteiger partial charge in [0.2, 0.25) is 5.71 Å². The molecule has 0 aliphatic carbocycles. The number of benzene rings is 3. The van der Waals surface area contributed by atoms with Crippen LogP contribution < -0.4 is 4.74 Å².